The highest BCUT2D eigenvalue weighted by atomic mass is 35.5. The van der Waals surface area contributed by atoms with Crippen molar-refractivity contribution < 1.29 is 4.79 Å². The fraction of sp³-hybridized carbons (Fsp3) is 0.385. The van der Waals surface area contributed by atoms with Gasteiger partial charge < -0.3 is 5.32 Å². The first-order valence-electron chi connectivity index (χ1n) is 6.61. The van der Waals surface area contributed by atoms with Crippen molar-refractivity contribution in [3.63, 3.8) is 0 Å². The van der Waals surface area contributed by atoms with E-state index in [1.165, 1.54) is 24.6 Å². The van der Waals surface area contributed by atoms with E-state index in [0.29, 0.717) is 10.3 Å². The van der Waals surface area contributed by atoms with E-state index >= 15 is 0 Å². The Balaban J connectivity index is 1.90. The van der Waals surface area contributed by atoms with Crippen LogP contribution in [-0.4, -0.2) is 26.9 Å². The van der Waals surface area contributed by atoms with Gasteiger partial charge in [-0.15, -0.1) is 11.3 Å². The summed E-state index contributed by atoms with van der Waals surface area (Å²) in [5, 5.41) is 5.68. The van der Waals surface area contributed by atoms with Crippen LogP contribution in [0, 0.1) is 0 Å². The van der Waals surface area contributed by atoms with Crippen molar-refractivity contribution in [2.75, 3.05) is 10.6 Å². The molecular formula is C13H15Cl2N5OS. The molecule has 0 saturated carbocycles. The largest absolute Gasteiger partial charge is 0.352 e. The van der Waals surface area contributed by atoms with Crippen molar-refractivity contribution >= 4 is 52.3 Å². The number of amides is 1. The maximum Gasteiger partial charge on any atom is 0.234 e. The number of carbonyl (C=O) groups excluding carboxylic acids is 1. The zero-order chi connectivity index (χ0) is 16.1. The Morgan fingerprint density at radius 2 is 2.09 bits per heavy atom. The van der Waals surface area contributed by atoms with Gasteiger partial charge in [-0.1, -0.05) is 23.2 Å². The molecule has 0 bridgehead atoms. The normalized spacial score (nSPS) is 12.0. The molecule has 0 spiro atoms. The van der Waals surface area contributed by atoms with Crippen LogP contribution in [-0.2, 0) is 11.2 Å². The maximum atomic E-state index is 11.0. The molecule has 2 rings (SSSR count). The van der Waals surface area contributed by atoms with Crippen LogP contribution in [0.2, 0.25) is 8.67 Å². The molecule has 0 saturated heterocycles. The van der Waals surface area contributed by atoms with E-state index in [1.807, 2.05) is 13.0 Å². The molecule has 0 aliphatic rings. The van der Waals surface area contributed by atoms with E-state index < -0.39 is 0 Å². The third-order valence-corrected chi connectivity index (χ3v) is 4.38. The van der Waals surface area contributed by atoms with Crippen molar-refractivity contribution in [2.24, 2.45) is 0 Å². The summed E-state index contributed by atoms with van der Waals surface area (Å²) in [6, 6.07) is 2.02. The third kappa shape index (κ3) is 5.08. The number of nitrogens with zero attached hydrogens (tertiary/aromatic N) is 3. The number of hydrogen-bond acceptors (Lipinski definition) is 6. The Morgan fingerprint density at radius 1 is 1.36 bits per heavy atom. The van der Waals surface area contributed by atoms with E-state index in [4.69, 9.17) is 23.2 Å². The van der Waals surface area contributed by atoms with Crippen LogP contribution in [0.25, 0.3) is 0 Å². The van der Waals surface area contributed by atoms with E-state index in [2.05, 4.69) is 25.6 Å². The zero-order valence-electron chi connectivity index (χ0n) is 12.1. The van der Waals surface area contributed by atoms with Crippen molar-refractivity contribution in [3.8, 4) is 0 Å². The highest BCUT2D eigenvalue weighted by molar-refractivity contribution is 7.20. The van der Waals surface area contributed by atoms with Gasteiger partial charge in [0.1, 0.15) is 6.33 Å². The van der Waals surface area contributed by atoms with Gasteiger partial charge in [0.15, 0.2) is 0 Å². The Bertz CT molecular complexity index is 664. The number of hydrogen-bond donors (Lipinski definition) is 2. The second kappa shape index (κ2) is 7.71. The summed E-state index contributed by atoms with van der Waals surface area (Å²) in [7, 11) is 0. The zero-order valence-corrected chi connectivity index (χ0v) is 14.4. The van der Waals surface area contributed by atoms with E-state index in [9.17, 15) is 4.79 Å². The Morgan fingerprint density at radius 3 is 2.73 bits per heavy atom. The number of halogens is 2. The number of nitrogens with one attached hydrogen (secondary N) is 2. The first-order valence-corrected chi connectivity index (χ1v) is 8.18. The van der Waals surface area contributed by atoms with Crippen LogP contribution >= 0.6 is 34.5 Å². The minimum atomic E-state index is -0.228. The van der Waals surface area contributed by atoms with Gasteiger partial charge in [0.05, 0.1) is 8.67 Å². The molecular weight excluding hydrogens is 345 g/mol. The fourth-order valence-electron chi connectivity index (χ4n) is 1.79. The van der Waals surface area contributed by atoms with Crippen molar-refractivity contribution in [3.05, 3.63) is 26.6 Å². The number of carbonyl (C=O) groups is 1. The lowest BCUT2D eigenvalue weighted by molar-refractivity contribution is -0.114. The van der Waals surface area contributed by atoms with Crippen LogP contribution < -0.4 is 10.6 Å². The molecule has 0 radical (unpaired) electrons. The second-order valence-corrected chi connectivity index (χ2v) is 7.03. The molecule has 22 heavy (non-hydrogen) atoms. The lowest BCUT2D eigenvalue weighted by Crippen LogP contribution is -2.19. The summed E-state index contributed by atoms with van der Waals surface area (Å²) in [6.07, 6.45) is 3.00. The number of aromatic nitrogens is 3. The lowest BCUT2D eigenvalue weighted by atomic mass is 10.1. The highest BCUT2D eigenvalue weighted by Crippen LogP contribution is 2.32. The molecule has 6 nitrogen and oxygen atoms in total. The van der Waals surface area contributed by atoms with Crippen LogP contribution in [0.5, 0.6) is 0 Å². The summed E-state index contributed by atoms with van der Waals surface area (Å²) in [4.78, 5) is 23.0. The molecule has 0 aliphatic heterocycles. The lowest BCUT2D eigenvalue weighted by Gasteiger charge is -2.13. The van der Waals surface area contributed by atoms with Gasteiger partial charge in [-0.3, -0.25) is 10.1 Å². The molecule has 2 N–H and O–H groups in total. The molecule has 1 atom stereocenters. The summed E-state index contributed by atoms with van der Waals surface area (Å²) in [5.74, 6) is 0.416. The summed E-state index contributed by atoms with van der Waals surface area (Å²) < 4.78 is 1.42. The van der Waals surface area contributed by atoms with Crippen LogP contribution in [0.3, 0.4) is 0 Å². The SMILES string of the molecule is CC(=O)Nc1ncnc(NC(C)CCc2cc(Cl)sc2Cl)n1. The number of aryl methyl sites for hydroxylation is 1. The molecule has 0 fully saturated rings. The molecule has 2 aromatic rings. The fourth-order valence-corrected chi connectivity index (χ4v) is 3.34. The molecule has 2 aromatic heterocycles. The van der Waals surface area contributed by atoms with Gasteiger partial charge in [-0.25, -0.2) is 9.97 Å². The predicted octanol–water partition coefficient (Wildman–Crippen LogP) is 3.63. The van der Waals surface area contributed by atoms with Gasteiger partial charge in [0, 0.05) is 13.0 Å². The van der Waals surface area contributed by atoms with E-state index in [-0.39, 0.29) is 17.9 Å². The number of rotatable bonds is 6. The smallest absolute Gasteiger partial charge is 0.234 e. The standard InChI is InChI=1S/C13H15Cl2N5OS/c1-7(3-4-9-5-10(14)22-11(9)15)18-12-16-6-17-13(20-12)19-8(2)21/h5-7H,3-4H2,1-2H3,(H2,16,17,18,19,20,21). The Labute approximate surface area is 142 Å². The van der Waals surface area contributed by atoms with Crippen molar-refractivity contribution in [1.29, 1.82) is 0 Å². The molecule has 1 unspecified atom stereocenters. The van der Waals surface area contributed by atoms with Gasteiger partial charge in [-0.05, 0) is 31.4 Å². The third-order valence-electron chi connectivity index (χ3n) is 2.81. The van der Waals surface area contributed by atoms with E-state index in [1.54, 1.807) is 0 Å². The second-order valence-electron chi connectivity index (χ2n) is 4.75. The highest BCUT2D eigenvalue weighted by Gasteiger charge is 2.10. The average Bonchev–Trinajstić information content (AvgIpc) is 2.74. The maximum absolute atomic E-state index is 11.0. The molecule has 2 heterocycles. The van der Waals surface area contributed by atoms with Gasteiger partial charge in [0.25, 0.3) is 0 Å². The van der Waals surface area contributed by atoms with Crippen LogP contribution in [0.1, 0.15) is 25.8 Å². The quantitative estimate of drug-likeness (QED) is 0.822. The van der Waals surface area contributed by atoms with Crippen molar-refractivity contribution in [1.82, 2.24) is 15.0 Å². The van der Waals surface area contributed by atoms with Gasteiger partial charge >= 0.3 is 0 Å². The average molecular weight is 360 g/mol. The first-order chi connectivity index (χ1) is 10.4. The van der Waals surface area contributed by atoms with E-state index in [0.717, 1.165) is 22.7 Å². The van der Waals surface area contributed by atoms with Gasteiger partial charge in [0.2, 0.25) is 17.8 Å². The molecule has 9 heteroatoms. The minimum absolute atomic E-state index is 0.127. The minimum Gasteiger partial charge on any atom is -0.352 e. The van der Waals surface area contributed by atoms with Crippen LogP contribution in [0.15, 0.2) is 12.4 Å². The molecule has 0 aliphatic carbocycles. The molecule has 118 valence electrons. The monoisotopic (exact) mass is 359 g/mol. The number of anilines is 2. The Hall–Kier alpha value is -1.44. The predicted molar refractivity (Wildman–Crippen MR) is 89.9 cm³/mol. The van der Waals surface area contributed by atoms with Crippen molar-refractivity contribution in [2.45, 2.75) is 32.7 Å². The molecule has 1 amide bonds. The topological polar surface area (TPSA) is 79.8 Å². The Kier molecular flexibility index (Phi) is 5.93. The molecule has 0 aromatic carbocycles. The van der Waals surface area contributed by atoms with Crippen LogP contribution in [0.4, 0.5) is 11.9 Å². The summed E-state index contributed by atoms with van der Waals surface area (Å²) in [6.45, 7) is 3.42. The van der Waals surface area contributed by atoms with Gasteiger partial charge in [-0.2, -0.15) is 4.98 Å². The summed E-state index contributed by atoms with van der Waals surface area (Å²) >= 11 is 13.4. The summed E-state index contributed by atoms with van der Waals surface area (Å²) in [5.41, 5.74) is 1.04. The number of thiophene rings is 1. The first kappa shape index (κ1) is 16.9.